The van der Waals surface area contributed by atoms with Crippen molar-refractivity contribution in [3.63, 3.8) is 0 Å². The highest BCUT2D eigenvalue weighted by Crippen LogP contribution is 2.37. The molecule has 1 aliphatic heterocycles. The van der Waals surface area contributed by atoms with Gasteiger partial charge in [0.25, 0.3) is 11.8 Å². The first-order valence-corrected chi connectivity index (χ1v) is 9.57. The first-order valence-electron chi connectivity index (χ1n) is 9.57. The molecule has 8 nitrogen and oxygen atoms in total. The molecular formula is C22H21N3O5. The highest BCUT2D eigenvalue weighted by atomic mass is 16.5. The first kappa shape index (κ1) is 19.6. The van der Waals surface area contributed by atoms with Crippen LogP contribution in [0.3, 0.4) is 0 Å². The van der Waals surface area contributed by atoms with Crippen molar-refractivity contribution in [3.8, 4) is 11.5 Å². The Labute approximate surface area is 173 Å². The third-order valence-electron chi connectivity index (χ3n) is 5.03. The molecule has 8 heteroatoms. The molecule has 3 aromatic rings. The molecular weight excluding hydrogens is 386 g/mol. The summed E-state index contributed by atoms with van der Waals surface area (Å²) in [6, 6.07) is 9.93. The molecule has 0 aliphatic carbocycles. The van der Waals surface area contributed by atoms with Crippen molar-refractivity contribution in [2.75, 3.05) is 13.7 Å². The van der Waals surface area contributed by atoms with Crippen molar-refractivity contribution in [2.24, 2.45) is 0 Å². The van der Waals surface area contributed by atoms with E-state index in [1.54, 1.807) is 37.4 Å². The Morgan fingerprint density at radius 1 is 1.07 bits per heavy atom. The normalized spacial score (nSPS) is 14.0. The zero-order chi connectivity index (χ0) is 21.3. The van der Waals surface area contributed by atoms with Crippen LogP contribution < -0.4 is 9.47 Å². The van der Waals surface area contributed by atoms with Gasteiger partial charge in [0.2, 0.25) is 12.3 Å². The van der Waals surface area contributed by atoms with Crippen LogP contribution in [0.2, 0.25) is 0 Å². The summed E-state index contributed by atoms with van der Waals surface area (Å²) in [5.74, 6) is 0.711. The van der Waals surface area contributed by atoms with Gasteiger partial charge in [-0.25, -0.2) is 0 Å². The average molecular weight is 407 g/mol. The summed E-state index contributed by atoms with van der Waals surface area (Å²) in [6.07, 6.45) is 1.40. The minimum Gasteiger partial charge on any atom is -0.493 e. The number of carbonyl (C=O) groups excluding carboxylic acids is 2. The molecule has 154 valence electrons. The lowest BCUT2D eigenvalue weighted by Gasteiger charge is -2.26. The van der Waals surface area contributed by atoms with Crippen molar-refractivity contribution >= 4 is 11.8 Å². The van der Waals surface area contributed by atoms with Crippen LogP contribution in [0.1, 0.15) is 50.7 Å². The number of imide groups is 1. The van der Waals surface area contributed by atoms with Crippen molar-refractivity contribution in [3.05, 3.63) is 70.9 Å². The largest absolute Gasteiger partial charge is 0.493 e. The van der Waals surface area contributed by atoms with Gasteiger partial charge >= 0.3 is 0 Å². The highest BCUT2D eigenvalue weighted by Gasteiger charge is 2.41. The van der Waals surface area contributed by atoms with Gasteiger partial charge in [-0.2, -0.15) is 0 Å². The number of ether oxygens (including phenoxy) is 2. The van der Waals surface area contributed by atoms with Crippen LogP contribution in [0.15, 0.2) is 47.2 Å². The van der Waals surface area contributed by atoms with Gasteiger partial charge in [-0.1, -0.05) is 17.7 Å². The fourth-order valence-electron chi connectivity index (χ4n) is 3.63. The summed E-state index contributed by atoms with van der Waals surface area (Å²) in [5.41, 5.74) is 2.39. The Bertz CT molecular complexity index is 1090. The summed E-state index contributed by atoms with van der Waals surface area (Å²) in [7, 11) is 1.56. The standard InChI is InChI=1S/C22H21N3O5/c1-4-29-19-10-14(6-8-18(19)28-3)17(11-20-24-23-12-30-20)25-21(26)15-7-5-13(2)9-16(15)22(25)27/h5-10,12,17H,4,11H2,1-3H3. The third kappa shape index (κ3) is 3.41. The molecule has 1 aliphatic rings. The number of fused-ring (bicyclic) bond motifs is 1. The van der Waals surface area contributed by atoms with E-state index in [0.29, 0.717) is 40.7 Å². The van der Waals surface area contributed by atoms with Crippen LogP contribution in [0.25, 0.3) is 0 Å². The van der Waals surface area contributed by atoms with Crippen molar-refractivity contribution in [1.29, 1.82) is 0 Å². The van der Waals surface area contributed by atoms with Gasteiger partial charge in [-0.15, -0.1) is 10.2 Å². The molecule has 2 amide bonds. The van der Waals surface area contributed by atoms with Gasteiger partial charge in [0, 0.05) is 0 Å². The molecule has 0 N–H and O–H groups in total. The Morgan fingerprint density at radius 3 is 2.57 bits per heavy atom. The number of hydrogen-bond donors (Lipinski definition) is 0. The van der Waals surface area contributed by atoms with E-state index in [1.165, 1.54) is 11.3 Å². The number of rotatable bonds is 7. The van der Waals surface area contributed by atoms with Gasteiger partial charge < -0.3 is 13.9 Å². The van der Waals surface area contributed by atoms with Gasteiger partial charge in [0.15, 0.2) is 11.5 Å². The van der Waals surface area contributed by atoms with E-state index in [9.17, 15) is 9.59 Å². The molecule has 0 saturated carbocycles. The van der Waals surface area contributed by atoms with Crippen LogP contribution >= 0.6 is 0 Å². The topological polar surface area (TPSA) is 94.8 Å². The van der Waals surface area contributed by atoms with E-state index in [2.05, 4.69) is 10.2 Å². The van der Waals surface area contributed by atoms with Crippen LogP contribution in [-0.2, 0) is 6.42 Å². The number of hydrogen-bond acceptors (Lipinski definition) is 7. The predicted octanol–water partition coefficient (Wildman–Crippen LogP) is 3.37. The lowest BCUT2D eigenvalue weighted by atomic mass is 10.0. The van der Waals surface area contributed by atoms with Gasteiger partial charge in [0.1, 0.15) is 0 Å². The molecule has 0 fully saturated rings. The lowest BCUT2D eigenvalue weighted by Crippen LogP contribution is -2.35. The maximum atomic E-state index is 13.2. The second-order valence-electron chi connectivity index (χ2n) is 6.93. The van der Waals surface area contributed by atoms with E-state index < -0.39 is 6.04 Å². The first-order chi connectivity index (χ1) is 14.5. The molecule has 2 heterocycles. The molecule has 0 spiro atoms. The fourth-order valence-corrected chi connectivity index (χ4v) is 3.63. The van der Waals surface area contributed by atoms with E-state index in [0.717, 1.165) is 5.56 Å². The summed E-state index contributed by atoms with van der Waals surface area (Å²) >= 11 is 0. The average Bonchev–Trinajstić information content (AvgIpc) is 3.33. The zero-order valence-corrected chi connectivity index (χ0v) is 16.9. The van der Waals surface area contributed by atoms with E-state index in [-0.39, 0.29) is 18.2 Å². The van der Waals surface area contributed by atoms with E-state index in [1.807, 2.05) is 19.9 Å². The maximum Gasteiger partial charge on any atom is 0.262 e. The van der Waals surface area contributed by atoms with Crippen molar-refractivity contribution in [1.82, 2.24) is 15.1 Å². The van der Waals surface area contributed by atoms with Gasteiger partial charge in [0.05, 0.1) is 37.3 Å². The van der Waals surface area contributed by atoms with E-state index in [4.69, 9.17) is 13.9 Å². The molecule has 0 radical (unpaired) electrons. The quantitative estimate of drug-likeness (QED) is 0.554. The second kappa shape index (κ2) is 7.98. The Balaban J connectivity index is 1.79. The van der Waals surface area contributed by atoms with Crippen LogP contribution in [0, 0.1) is 6.92 Å². The third-order valence-corrected chi connectivity index (χ3v) is 5.03. The number of benzene rings is 2. The Kier molecular flexibility index (Phi) is 5.22. The smallest absolute Gasteiger partial charge is 0.262 e. The summed E-state index contributed by atoms with van der Waals surface area (Å²) in [6.45, 7) is 4.20. The number of methoxy groups -OCH3 is 1. The molecule has 30 heavy (non-hydrogen) atoms. The predicted molar refractivity (Wildman–Crippen MR) is 107 cm³/mol. The number of aryl methyl sites for hydroxylation is 1. The second-order valence-corrected chi connectivity index (χ2v) is 6.93. The van der Waals surface area contributed by atoms with Crippen molar-refractivity contribution in [2.45, 2.75) is 26.3 Å². The van der Waals surface area contributed by atoms with Crippen LogP contribution in [0.4, 0.5) is 0 Å². The number of carbonyl (C=O) groups is 2. The van der Waals surface area contributed by atoms with Gasteiger partial charge in [-0.3, -0.25) is 14.5 Å². The number of nitrogens with zero attached hydrogens (tertiary/aromatic N) is 3. The van der Waals surface area contributed by atoms with Crippen LogP contribution in [-0.4, -0.2) is 40.6 Å². The van der Waals surface area contributed by atoms with E-state index >= 15 is 0 Å². The van der Waals surface area contributed by atoms with Crippen LogP contribution in [0.5, 0.6) is 11.5 Å². The Morgan fingerprint density at radius 2 is 1.87 bits per heavy atom. The summed E-state index contributed by atoms with van der Waals surface area (Å²) < 4.78 is 16.3. The SMILES string of the molecule is CCOc1cc(C(Cc2nnco2)N2C(=O)c3ccc(C)cc3C2=O)ccc1OC. The number of aromatic nitrogens is 2. The monoisotopic (exact) mass is 407 g/mol. The van der Waals surface area contributed by atoms with Gasteiger partial charge in [-0.05, 0) is 43.7 Å². The summed E-state index contributed by atoms with van der Waals surface area (Å²) in [5, 5.41) is 7.65. The molecule has 0 bridgehead atoms. The minimum absolute atomic E-state index is 0.183. The molecule has 1 atom stereocenters. The molecule has 4 rings (SSSR count). The highest BCUT2D eigenvalue weighted by molar-refractivity contribution is 6.21. The molecule has 1 unspecified atom stereocenters. The van der Waals surface area contributed by atoms with Crippen molar-refractivity contribution < 1.29 is 23.5 Å². The Hall–Kier alpha value is -3.68. The summed E-state index contributed by atoms with van der Waals surface area (Å²) in [4.78, 5) is 27.7. The molecule has 2 aromatic carbocycles. The zero-order valence-electron chi connectivity index (χ0n) is 16.9. The molecule has 0 saturated heterocycles. The minimum atomic E-state index is -0.650. The molecule has 1 aromatic heterocycles. The fraction of sp³-hybridized carbons (Fsp3) is 0.273. The number of amides is 2. The maximum absolute atomic E-state index is 13.2. The lowest BCUT2D eigenvalue weighted by molar-refractivity contribution is 0.0576.